The van der Waals surface area contributed by atoms with Crippen molar-refractivity contribution in [3.63, 3.8) is 0 Å². The Bertz CT molecular complexity index is 457. The minimum absolute atomic E-state index is 0.00186. The third-order valence-electron chi connectivity index (χ3n) is 4.84. The minimum Gasteiger partial charge on any atom is -0.326 e. The van der Waals surface area contributed by atoms with E-state index in [2.05, 4.69) is 25.7 Å². The molecule has 1 aliphatic rings. The van der Waals surface area contributed by atoms with E-state index >= 15 is 0 Å². The highest BCUT2D eigenvalue weighted by Gasteiger charge is 2.33. The van der Waals surface area contributed by atoms with E-state index in [1.54, 1.807) is 12.1 Å². The average molecular weight is 292 g/mol. The third-order valence-corrected chi connectivity index (χ3v) is 4.84. The number of benzene rings is 1. The maximum atomic E-state index is 13.5. The second-order valence-electron chi connectivity index (χ2n) is 7.54. The summed E-state index contributed by atoms with van der Waals surface area (Å²) in [5.41, 5.74) is 7.58. The van der Waals surface area contributed by atoms with Crippen molar-refractivity contribution in [2.24, 2.45) is 17.1 Å². The topological polar surface area (TPSA) is 29.3 Å². The highest BCUT2D eigenvalue weighted by Crippen LogP contribution is 2.37. The summed E-state index contributed by atoms with van der Waals surface area (Å²) in [6.07, 6.45) is 2.39. The summed E-state index contributed by atoms with van der Waals surface area (Å²) in [5.74, 6) is 0.581. The van der Waals surface area contributed by atoms with Crippen LogP contribution >= 0.6 is 0 Å². The normalized spacial score (nSPS) is 21.2. The second kappa shape index (κ2) is 6.45. The van der Waals surface area contributed by atoms with Crippen LogP contribution in [0.25, 0.3) is 0 Å². The fourth-order valence-electron chi connectivity index (χ4n) is 3.58. The van der Waals surface area contributed by atoms with Crippen LogP contribution in [0.5, 0.6) is 0 Å². The van der Waals surface area contributed by atoms with Crippen LogP contribution in [0.3, 0.4) is 0 Å². The Morgan fingerprint density at radius 1 is 1.24 bits per heavy atom. The molecule has 0 radical (unpaired) electrons. The van der Waals surface area contributed by atoms with E-state index in [4.69, 9.17) is 5.73 Å². The van der Waals surface area contributed by atoms with Crippen LogP contribution in [-0.4, -0.2) is 24.0 Å². The molecule has 1 aromatic rings. The van der Waals surface area contributed by atoms with Gasteiger partial charge < -0.3 is 5.73 Å². The molecule has 1 aliphatic heterocycles. The van der Waals surface area contributed by atoms with E-state index in [-0.39, 0.29) is 17.9 Å². The standard InChI is InChI=1S/C18H29FN2/c1-13(20)17(14-6-5-7-16(19)12-14)21-10-8-15(9-11-21)18(2,3)4/h5-7,12-13,15,17H,8-11,20H2,1-4H3. The third kappa shape index (κ3) is 4.04. The lowest BCUT2D eigenvalue weighted by Gasteiger charge is -2.43. The lowest BCUT2D eigenvalue weighted by molar-refractivity contribution is 0.0748. The fraction of sp³-hybridized carbons (Fsp3) is 0.667. The largest absolute Gasteiger partial charge is 0.326 e. The summed E-state index contributed by atoms with van der Waals surface area (Å²) >= 11 is 0. The first-order valence-corrected chi connectivity index (χ1v) is 8.04. The van der Waals surface area contributed by atoms with Gasteiger partial charge in [0.25, 0.3) is 0 Å². The van der Waals surface area contributed by atoms with Crippen LogP contribution in [0, 0.1) is 17.2 Å². The zero-order valence-corrected chi connectivity index (χ0v) is 13.8. The van der Waals surface area contributed by atoms with E-state index in [0.29, 0.717) is 5.41 Å². The number of hydrogen-bond acceptors (Lipinski definition) is 2. The number of nitrogens with zero attached hydrogens (tertiary/aromatic N) is 1. The van der Waals surface area contributed by atoms with Gasteiger partial charge in [-0.2, -0.15) is 0 Å². The molecule has 1 heterocycles. The predicted molar refractivity (Wildman–Crippen MR) is 86.5 cm³/mol. The Morgan fingerprint density at radius 3 is 2.33 bits per heavy atom. The molecule has 21 heavy (non-hydrogen) atoms. The first-order valence-electron chi connectivity index (χ1n) is 8.04. The predicted octanol–water partition coefficient (Wildman–Crippen LogP) is 3.97. The molecule has 2 N–H and O–H groups in total. The summed E-state index contributed by atoms with van der Waals surface area (Å²) < 4.78 is 13.5. The van der Waals surface area contributed by atoms with Crippen LogP contribution in [0.4, 0.5) is 4.39 Å². The molecule has 118 valence electrons. The van der Waals surface area contributed by atoms with Gasteiger partial charge in [0.15, 0.2) is 0 Å². The van der Waals surface area contributed by atoms with Crippen molar-refractivity contribution in [2.75, 3.05) is 13.1 Å². The molecule has 1 saturated heterocycles. The highest BCUT2D eigenvalue weighted by molar-refractivity contribution is 5.22. The first-order chi connectivity index (χ1) is 9.79. The molecule has 1 aromatic carbocycles. The van der Waals surface area contributed by atoms with E-state index in [0.717, 1.165) is 24.6 Å². The summed E-state index contributed by atoms with van der Waals surface area (Å²) in [4.78, 5) is 2.43. The first kappa shape index (κ1) is 16.4. The molecule has 2 rings (SSSR count). The Morgan fingerprint density at radius 2 is 1.86 bits per heavy atom. The number of halogens is 1. The molecule has 1 fully saturated rings. The fourth-order valence-corrected chi connectivity index (χ4v) is 3.58. The monoisotopic (exact) mass is 292 g/mol. The maximum Gasteiger partial charge on any atom is 0.123 e. The lowest BCUT2D eigenvalue weighted by atomic mass is 9.75. The van der Waals surface area contributed by atoms with E-state index in [1.165, 1.54) is 18.9 Å². The molecule has 3 heteroatoms. The summed E-state index contributed by atoms with van der Waals surface area (Å²) in [6, 6.07) is 7.01. The van der Waals surface area contributed by atoms with Gasteiger partial charge in [-0.05, 0) is 61.9 Å². The average Bonchev–Trinajstić information content (AvgIpc) is 2.38. The van der Waals surface area contributed by atoms with Crippen molar-refractivity contribution in [3.05, 3.63) is 35.6 Å². The molecule has 0 aromatic heterocycles. The van der Waals surface area contributed by atoms with Crippen LogP contribution in [-0.2, 0) is 0 Å². The van der Waals surface area contributed by atoms with Gasteiger partial charge in [0.2, 0.25) is 0 Å². The van der Waals surface area contributed by atoms with Gasteiger partial charge in [0.1, 0.15) is 5.82 Å². The summed E-state index contributed by atoms with van der Waals surface area (Å²) in [6.45, 7) is 11.1. The Hall–Kier alpha value is -0.930. The van der Waals surface area contributed by atoms with E-state index in [9.17, 15) is 4.39 Å². The van der Waals surface area contributed by atoms with Crippen molar-refractivity contribution in [2.45, 2.75) is 52.6 Å². The van der Waals surface area contributed by atoms with Crippen molar-refractivity contribution >= 4 is 0 Å². The smallest absolute Gasteiger partial charge is 0.123 e. The van der Waals surface area contributed by atoms with Crippen LogP contribution in [0.15, 0.2) is 24.3 Å². The van der Waals surface area contributed by atoms with Crippen LogP contribution in [0.2, 0.25) is 0 Å². The Balaban J connectivity index is 2.11. The molecule has 0 spiro atoms. The molecule has 0 amide bonds. The van der Waals surface area contributed by atoms with E-state index in [1.807, 2.05) is 13.0 Å². The zero-order valence-electron chi connectivity index (χ0n) is 13.8. The molecular weight excluding hydrogens is 263 g/mol. The quantitative estimate of drug-likeness (QED) is 0.913. The summed E-state index contributed by atoms with van der Waals surface area (Å²) in [7, 11) is 0. The number of piperidine rings is 1. The van der Waals surface area contributed by atoms with Crippen molar-refractivity contribution in [3.8, 4) is 0 Å². The SMILES string of the molecule is CC(N)C(c1cccc(F)c1)N1CCC(C(C)(C)C)CC1. The Labute approximate surface area is 128 Å². The summed E-state index contributed by atoms with van der Waals surface area (Å²) in [5, 5.41) is 0. The number of nitrogens with two attached hydrogens (primary N) is 1. The van der Waals surface area contributed by atoms with Crippen molar-refractivity contribution in [1.82, 2.24) is 4.90 Å². The van der Waals surface area contributed by atoms with Crippen molar-refractivity contribution in [1.29, 1.82) is 0 Å². The maximum absolute atomic E-state index is 13.5. The van der Waals surface area contributed by atoms with Crippen LogP contribution in [0.1, 0.15) is 52.1 Å². The Kier molecular flexibility index (Phi) is 5.05. The van der Waals surface area contributed by atoms with Gasteiger partial charge in [-0.15, -0.1) is 0 Å². The van der Waals surface area contributed by atoms with E-state index < -0.39 is 0 Å². The molecule has 2 atom stereocenters. The molecule has 0 bridgehead atoms. The van der Waals surface area contributed by atoms with Gasteiger partial charge in [0.05, 0.1) is 0 Å². The second-order valence-corrected chi connectivity index (χ2v) is 7.54. The lowest BCUT2D eigenvalue weighted by Crippen LogP contribution is -2.45. The van der Waals surface area contributed by atoms with Crippen LogP contribution < -0.4 is 5.73 Å². The molecule has 2 unspecified atom stereocenters. The number of hydrogen-bond donors (Lipinski definition) is 1. The molecule has 0 saturated carbocycles. The van der Waals surface area contributed by atoms with Gasteiger partial charge in [-0.25, -0.2) is 4.39 Å². The number of rotatable bonds is 3. The van der Waals surface area contributed by atoms with Gasteiger partial charge in [0, 0.05) is 12.1 Å². The number of likely N-dealkylation sites (tertiary alicyclic amines) is 1. The molecule has 2 nitrogen and oxygen atoms in total. The molecule has 0 aliphatic carbocycles. The van der Waals surface area contributed by atoms with Gasteiger partial charge in [-0.1, -0.05) is 32.9 Å². The van der Waals surface area contributed by atoms with Gasteiger partial charge in [-0.3, -0.25) is 4.90 Å². The zero-order chi connectivity index (χ0) is 15.6. The molecular formula is C18H29FN2. The van der Waals surface area contributed by atoms with Gasteiger partial charge >= 0.3 is 0 Å². The van der Waals surface area contributed by atoms with Crippen molar-refractivity contribution < 1.29 is 4.39 Å². The minimum atomic E-state index is -0.178. The highest BCUT2D eigenvalue weighted by atomic mass is 19.1.